The Morgan fingerprint density at radius 1 is 1.38 bits per heavy atom. The van der Waals surface area contributed by atoms with Gasteiger partial charge in [0.05, 0.1) is 16.0 Å². The van der Waals surface area contributed by atoms with E-state index in [0.717, 1.165) is 24.3 Å². The molecule has 110 valence electrons. The average Bonchev–Trinajstić information content (AvgIpc) is 3.10. The highest BCUT2D eigenvalue weighted by atomic mass is 35.5. The van der Waals surface area contributed by atoms with Gasteiger partial charge in [-0.05, 0) is 18.6 Å². The molecule has 0 saturated carbocycles. The van der Waals surface area contributed by atoms with Crippen LogP contribution in [0.2, 0.25) is 0 Å². The van der Waals surface area contributed by atoms with Crippen molar-refractivity contribution in [2.75, 3.05) is 5.88 Å². The monoisotopic (exact) mass is 319 g/mol. The van der Waals surface area contributed by atoms with Gasteiger partial charge in [-0.1, -0.05) is 19.1 Å². The number of benzene rings is 1. The van der Waals surface area contributed by atoms with Gasteiger partial charge in [0.15, 0.2) is 0 Å². The molecule has 0 amide bonds. The van der Waals surface area contributed by atoms with E-state index in [1.165, 1.54) is 16.1 Å². The van der Waals surface area contributed by atoms with Crippen molar-refractivity contribution in [2.45, 2.75) is 32.7 Å². The van der Waals surface area contributed by atoms with Gasteiger partial charge in [-0.25, -0.2) is 9.97 Å². The fourth-order valence-electron chi connectivity index (χ4n) is 2.64. The largest absolute Gasteiger partial charge is 0.327 e. The lowest BCUT2D eigenvalue weighted by molar-refractivity contribution is 0.586. The molecule has 1 aromatic carbocycles. The maximum Gasteiger partial charge on any atom is 0.111 e. The van der Waals surface area contributed by atoms with Gasteiger partial charge in [-0.15, -0.1) is 22.9 Å². The van der Waals surface area contributed by atoms with Crippen LogP contribution in [0.5, 0.6) is 0 Å². The third kappa shape index (κ3) is 2.83. The summed E-state index contributed by atoms with van der Waals surface area (Å²) < 4.78 is 2.30. The van der Waals surface area contributed by atoms with E-state index in [2.05, 4.69) is 41.6 Å². The maximum atomic E-state index is 5.95. The number of rotatable bonds is 5. The minimum absolute atomic E-state index is 0.372. The van der Waals surface area contributed by atoms with E-state index in [4.69, 9.17) is 16.6 Å². The highest BCUT2D eigenvalue weighted by Gasteiger charge is 2.16. The zero-order chi connectivity index (χ0) is 14.8. The minimum Gasteiger partial charge on any atom is -0.327 e. The molecule has 0 radical (unpaired) electrons. The summed E-state index contributed by atoms with van der Waals surface area (Å²) in [6.07, 6.45) is 2.66. The van der Waals surface area contributed by atoms with Crippen molar-refractivity contribution in [1.29, 1.82) is 0 Å². The molecule has 2 aromatic heterocycles. The topological polar surface area (TPSA) is 30.7 Å². The molecule has 21 heavy (non-hydrogen) atoms. The van der Waals surface area contributed by atoms with E-state index in [9.17, 15) is 0 Å². The van der Waals surface area contributed by atoms with Gasteiger partial charge in [0.2, 0.25) is 0 Å². The first kappa shape index (κ1) is 14.5. The second kappa shape index (κ2) is 6.16. The second-order valence-corrected chi connectivity index (χ2v) is 6.60. The number of aryl methyl sites for hydroxylation is 2. The molecule has 3 aromatic rings. The van der Waals surface area contributed by atoms with E-state index in [-0.39, 0.29) is 0 Å². The second-order valence-electron chi connectivity index (χ2n) is 5.29. The van der Waals surface area contributed by atoms with Crippen LogP contribution in [-0.2, 0) is 13.0 Å². The predicted octanol–water partition coefficient (Wildman–Crippen LogP) is 4.39. The molecule has 0 saturated heterocycles. The molecule has 1 atom stereocenters. The summed E-state index contributed by atoms with van der Waals surface area (Å²) in [6.45, 7) is 5.21. The Labute approximate surface area is 133 Å². The van der Waals surface area contributed by atoms with Crippen LogP contribution in [-0.4, -0.2) is 20.4 Å². The highest BCUT2D eigenvalue weighted by Crippen LogP contribution is 2.25. The normalized spacial score (nSPS) is 12.9. The van der Waals surface area contributed by atoms with Crippen LogP contribution >= 0.6 is 22.9 Å². The van der Waals surface area contributed by atoms with Crippen LogP contribution < -0.4 is 0 Å². The number of thiazole rings is 1. The molecule has 0 spiro atoms. The predicted molar refractivity (Wildman–Crippen MR) is 89.4 cm³/mol. The summed E-state index contributed by atoms with van der Waals surface area (Å²) in [7, 11) is 0. The molecule has 3 rings (SSSR count). The number of halogens is 1. The molecular weight excluding hydrogens is 302 g/mol. The van der Waals surface area contributed by atoms with Crippen LogP contribution in [0.1, 0.15) is 29.2 Å². The number of alkyl halides is 1. The molecule has 0 aliphatic carbocycles. The van der Waals surface area contributed by atoms with Gasteiger partial charge in [0, 0.05) is 36.3 Å². The van der Waals surface area contributed by atoms with Crippen LogP contribution in [0.4, 0.5) is 0 Å². The standard InChI is InChI=1S/C16H18ClN3S/c1-11-4-3-5-13-15(11)19-14(6-7-17)20(13)10-12(2)16-18-8-9-21-16/h3-5,8-9,12H,6-7,10H2,1-2H3. The molecule has 3 nitrogen and oxygen atoms in total. The number of aromatic nitrogens is 3. The first-order chi connectivity index (χ1) is 10.2. The van der Waals surface area contributed by atoms with Crippen molar-refractivity contribution in [3.8, 4) is 0 Å². The van der Waals surface area contributed by atoms with E-state index in [0.29, 0.717) is 11.8 Å². The molecule has 0 aliphatic rings. The fourth-order valence-corrected chi connectivity index (χ4v) is 3.50. The first-order valence-electron chi connectivity index (χ1n) is 7.10. The summed E-state index contributed by atoms with van der Waals surface area (Å²) in [5.41, 5.74) is 3.49. The molecule has 0 N–H and O–H groups in total. The third-order valence-electron chi connectivity index (χ3n) is 3.71. The molecule has 0 bridgehead atoms. The Hall–Kier alpha value is -1.39. The van der Waals surface area contributed by atoms with Gasteiger partial charge >= 0.3 is 0 Å². The van der Waals surface area contributed by atoms with Crippen LogP contribution in [0, 0.1) is 6.92 Å². The van der Waals surface area contributed by atoms with Crippen LogP contribution in [0.25, 0.3) is 11.0 Å². The zero-order valence-electron chi connectivity index (χ0n) is 12.2. The lowest BCUT2D eigenvalue weighted by atomic mass is 10.1. The van der Waals surface area contributed by atoms with Gasteiger partial charge in [-0.3, -0.25) is 0 Å². The number of hydrogen-bond donors (Lipinski definition) is 0. The van der Waals surface area contributed by atoms with Gasteiger partial charge in [-0.2, -0.15) is 0 Å². The Morgan fingerprint density at radius 3 is 2.95 bits per heavy atom. The smallest absolute Gasteiger partial charge is 0.111 e. The number of para-hydroxylation sites is 1. The molecule has 0 aliphatic heterocycles. The Bertz CT molecular complexity index is 733. The summed E-state index contributed by atoms with van der Waals surface area (Å²) in [6, 6.07) is 6.34. The third-order valence-corrected chi connectivity index (χ3v) is 4.90. The summed E-state index contributed by atoms with van der Waals surface area (Å²) in [4.78, 5) is 9.23. The number of imidazole rings is 1. The highest BCUT2D eigenvalue weighted by molar-refractivity contribution is 7.09. The van der Waals surface area contributed by atoms with Crippen molar-refractivity contribution >= 4 is 34.0 Å². The lowest BCUT2D eigenvalue weighted by Gasteiger charge is -2.13. The number of hydrogen-bond acceptors (Lipinski definition) is 3. The average molecular weight is 320 g/mol. The maximum absolute atomic E-state index is 5.95. The minimum atomic E-state index is 0.372. The Balaban J connectivity index is 2.03. The quantitative estimate of drug-likeness (QED) is 0.653. The fraction of sp³-hybridized carbons (Fsp3) is 0.375. The van der Waals surface area contributed by atoms with Crippen LogP contribution in [0.15, 0.2) is 29.8 Å². The van der Waals surface area contributed by atoms with Crippen molar-refractivity contribution in [2.24, 2.45) is 0 Å². The van der Waals surface area contributed by atoms with E-state index < -0.39 is 0 Å². The van der Waals surface area contributed by atoms with Crippen molar-refractivity contribution in [3.05, 3.63) is 46.2 Å². The van der Waals surface area contributed by atoms with E-state index in [1.54, 1.807) is 11.3 Å². The molecule has 2 heterocycles. The van der Waals surface area contributed by atoms with Crippen molar-refractivity contribution < 1.29 is 0 Å². The number of fused-ring (bicyclic) bond motifs is 1. The van der Waals surface area contributed by atoms with E-state index in [1.807, 2.05) is 11.6 Å². The van der Waals surface area contributed by atoms with Crippen LogP contribution in [0.3, 0.4) is 0 Å². The van der Waals surface area contributed by atoms with Gasteiger partial charge < -0.3 is 4.57 Å². The molecule has 1 unspecified atom stereocenters. The summed E-state index contributed by atoms with van der Waals surface area (Å²) in [5, 5.41) is 3.20. The zero-order valence-corrected chi connectivity index (χ0v) is 13.8. The summed E-state index contributed by atoms with van der Waals surface area (Å²) >= 11 is 7.66. The van der Waals surface area contributed by atoms with Crippen molar-refractivity contribution in [1.82, 2.24) is 14.5 Å². The molecule has 0 fully saturated rings. The summed E-state index contributed by atoms with van der Waals surface area (Å²) in [5.74, 6) is 2.03. The molecule has 5 heteroatoms. The Kier molecular flexibility index (Phi) is 4.27. The van der Waals surface area contributed by atoms with Crippen molar-refractivity contribution in [3.63, 3.8) is 0 Å². The molecular formula is C16H18ClN3S. The first-order valence-corrected chi connectivity index (χ1v) is 8.52. The van der Waals surface area contributed by atoms with E-state index >= 15 is 0 Å². The Morgan fingerprint density at radius 2 is 2.24 bits per heavy atom. The van der Waals surface area contributed by atoms with Gasteiger partial charge in [0.1, 0.15) is 5.82 Å². The lowest BCUT2D eigenvalue weighted by Crippen LogP contribution is -2.10. The van der Waals surface area contributed by atoms with Gasteiger partial charge in [0.25, 0.3) is 0 Å². The number of nitrogens with zero attached hydrogens (tertiary/aromatic N) is 3. The SMILES string of the molecule is Cc1cccc2c1nc(CCCl)n2CC(C)c1nccs1.